The van der Waals surface area contributed by atoms with Crippen LogP contribution in [0.5, 0.6) is 0 Å². The first kappa shape index (κ1) is 11.1. The average molecular weight is 223 g/mol. The summed E-state index contributed by atoms with van der Waals surface area (Å²) in [6.45, 7) is 4.63. The normalized spacial score (nSPS) is 19.9. The molecule has 0 spiro atoms. The van der Waals surface area contributed by atoms with Crippen molar-refractivity contribution in [2.75, 3.05) is 19.6 Å². The average Bonchev–Trinajstić information content (AvgIpc) is 2.88. The molecule has 2 heterocycles. The van der Waals surface area contributed by atoms with Gasteiger partial charge in [-0.2, -0.15) is 0 Å². The Labute approximate surface area is 94.6 Å². The van der Waals surface area contributed by atoms with Crippen LogP contribution in [0, 0.1) is 12.8 Å². The van der Waals surface area contributed by atoms with Crippen molar-refractivity contribution in [3.05, 3.63) is 17.8 Å². The number of aromatic nitrogens is 1. The van der Waals surface area contributed by atoms with E-state index in [0.29, 0.717) is 23.9 Å². The predicted octanol–water partition coefficient (Wildman–Crippen LogP) is 0.712. The van der Waals surface area contributed by atoms with Gasteiger partial charge in [-0.25, -0.2) is 4.98 Å². The lowest BCUT2D eigenvalue weighted by Gasteiger charge is -2.08. The van der Waals surface area contributed by atoms with Crippen molar-refractivity contribution in [1.29, 1.82) is 0 Å². The Hall–Kier alpha value is -1.36. The van der Waals surface area contributed by atoms with E-state index in [2.05, 4.69) is 15.6 Å². The summed E-state index contributed by atoms with van der Waals surface area (Å²) < 4.78 is 5.01. The van der Waals surface area contributed by atoms with Crippen LogP contribution in [-0.4, -0.2) is 30.5 Å². The second-order valence-electron chi connectivity index (χ2n) is 4.17. The van der Waals surface area contributed by atoms with Gasteiger partial charge in [-0.05, 0) is 38.8 Å². The molecule has 16 heavy (non-hydrogen) atoms. The van der Waals surface area contributed by atoms with Gasteiger partial charge in [0, 0.05) is 6.54 Å². The quantitative estimate of drug-likeness (QED) is 0.789. The molecule has 1 fully saturated rings. The highest BCUT2D eigenvalue weighted by molar-refractivity contribution is 5.92. The fourth-order valence-electron chi connectivity index (χ4n) is 1.95. The highest BCUT2D eigenvalue weighted by Crippen LogP contribution is 2.11. The number of amides is 1. The minimum Gasteiger partial charge on any atom is -0.438 e. The fraction of sp³-hybridized carbons (Fsp3) is 0.636. The molecule has 1 unspecified atom stereocenters. The maximum Gasteiger partial charge on any atom is 0.288 e. The summed E-state index contributed by atoms with van der Waals surface area (Å²) in [5, 5.41) is 6.16. The molecule has 1 saturated heterocycles. The molecule has 1 aliphatic rings. The summed E-state index contributed by atoms with van der Waals surface area (Å²) in [5.41, 5.74) is 0.639. The minimum atomic E-state index is -0.166. The third kappa shape index (κ3) is 2.61. The number of hydrogen-bond acceptors (Lipinski definition) is 4. The molecule has 88 valence electrons. The summed E-state index contributed by atoms with van der Waals surface area (Å²) >= 11 is 0. The molecule has 1 atom stereocenters. The van der Waals surface area contributed by atoms with Gasteiger partial charge in [0.15, 0.2) is 6.39 Å². The Morgan fingerprint density at radius 2 is 2.62 bits per heavy atom. The Balaban J connectivity index is 1.73. The number of hydrogen-bond donors (Lipinski definition) is 2. The van der Waals surface area contributed by atoms with E-state index in [1.165, 1.54) is 12.8 Å². The van der Waals surface area contributed by atoms with Crippen molar-refractivity contribution < 1.29 is 9.21 Å². The molecule has 1 aliphatic heterocycles. The van der Waals surface area contributed by atoms with E-state index in [4.69, 9.17) is 4.42 Å². The van der Waals surface area contributed by atoms with E-state index in [-0.39, 0.29) is 5.91 Å². The van der Waals surface area contributed by atoms with Gasteiger partial charge in [0.05, 0.1) is 5.69 Å². The SMILES string of the molecule is Cc1ncoc1C(=O)NCCC1CCNC1. The Morgan fingerprint density at radius 3 is 3.25 bits per heavy atom. The third-order valence-corrected chi connectivity index (χ3v) is 2.95. The number of nitrogens with one attached hydrogen (secondary N) is 2. The van der Waals surface area contributed by atoms with E-state index in [1.54, 1.807) is 6.92 Å². The molecule has 1 amide bonds. The summed E-state index contributed by atoms with van der Waals surface area (Å²) in [6.07, 6.45) is 3.52. The van der Waals surface area contributed by atoms with Crippen LogP contribution in [0.4, 0.5) is 0 Å². The first-order valence-corrected chi connectivity index (χ1v) is 5.66. The van der Waals surface area contributed by atoms with Crippen LogP contribution in [0.3, 0.4) is 0 Å². The molecule has 5 heteroatoms. The first-order chi connectivity index (χ1) is 7.77. The number of nitrogens with zero attached hydrogens (tertiary/aromatic N) is 1. The van der Waals surface area contributed by atoms with Gasteiger partial charge >= 0.3 is 0 Å². The molecule has 1 aromatic rings. The molecular formula is C11H17N3O2. The summed E-state index contributed by atoms with van der Waals surface area (Å²) in [5.74, 6) is 0.849. The number of oxazole rings is 1. The van der Waals surface area contributed by atoms with Crippen LogP contribution in [0.15, 0.2) is 10.8 Å². The second kappa shape index (κ2) is 5.12. The van der Waals surface area contributed by atoms with E-state index >= 15 is 0 Å². The Bertz CT molecular complexity index is 356. The van der Waals surface area contributed by atoms with Gasteiger partial charge in [0.25, 0.3) is 5.91 Å². The minimum absolute atomic E-state index is 0.166. The Kier molecular flexibility index (Phi) is 3.56. The highest BCUT2D eigenvalue weighted by atomic mass is 16.3. The summed E-state index contributed by atoms with van der Waals surface area (Å²) in [6, 6.07) is 0. The number of carbonyl (C=O) groups is 1. The van der Waals surface area contributed by atoms with Crippen molar-refractivity contribution >= 4 is 5.91 Å². The molecular weight excluding hydrogens is 206 g/mol. The molecule has 2 N–H and O–H groups in total. The molecule has 5 nitrogen and oxygen atoms in total. The van der Waals surface area contributed by atoms with Crippen molar-refractivity contribution in [2.45, 2.75) is 19.8 Å². The van der Waals surface area contributed by atoms with Gasteiger partial charge in [-0.3, -0.25) is 4.79 Å². The zero-order valence-electron chi connectivity index (χ0n) is 9.45. The number of aryl methyl sites for hydroxylation is 1. The molecule has 0 saturated carbocycles. The van der Waals surface area contributed by atoms with Crippen molar-refractivity contribution in [1.82, 2.24) is 15.6 Å². The largest absolute Gasteiger partial charge is 0.438 e. The zero-order valence-corrected chi connectivity index (χ0v) is 9.45. The predicted molar refractivity (Wildman–Crippen MR) is 59.2 cm³/mol. The smallest absolute Gasteiger partial charge is 0.288 e. The topological polar surface area (TPSA) is 67.2 Å². The van der Waals surface area contributed by atoms with E-state index in [1.807, 2.05) is 0 Å². The van der Waals surface area contributed by atoms with Gasteiger partial charge in [-0.15, -0.1) is 0 Å². The van der Waals surface area contributed by atoms with Crippen molar-refractivity contribution in [3.63, 3.8) is 0 Å². The lowest BCUT2D eigenvalue weighted by Crippen LogP contribution is -2.26. The third-order valence-electron chi connectivity index (χ3n) is 2.95. The van der Waals surface area contributed by atoms with Gasteiger partial charge in [0.1, 0.15) is 0 Å². The van der Waals surface area contributed by atoms with Crippen LogP contribution in [0.2, 0.25) is 0 Å². The van der Waals surface area contributed by atoms with Gasteiger partial charge in [-0.1, -0.05) is 0 Å². The molecule has 0 bridgehead atoms. The van der Waals surface area contributed by atoms with Crippen molar-refractivity contribution in [3.8, 4) is 0 Å². The lowest BCUT2D eigenvalue weighted by molar-refractivity contribution is 0.0923. The Morgan fingerprint density at radius 1 is 1.75 bits per heavy atom. The van der Waals surface area contributed by atoms with E-state index in [9.17, 15) is 4.79 Å². The zero-order chi connectivity index (χ0) is 11.4. The second-order valence-corrected chi connectivity index (χ2v) is 4.17. The number of rotatable bonds is 4. The van der Waals surface area contributed by atoms with Crippen LogP contribution in [0.25, 0.3) is 0 Å². The summed E-state index contributed by atoms with van der Waals surface area (Å²) in [7, 11) is 0. The fourth-order valence-corrected chi connectivity index (χ4v) is 1.95. The van der Waals surface area contributed by atoms with Gasteiger partial charge in [0.2, 0.25) is 5.76 Å². The van der Waals surface area contributed by atoms with E-state index in [0.717, 1.165) is 19.5 Å². The highest BCUT2D eigenvalue weighted by Gasteiger charge is 2.16. The standard InChI is InChI=1S/C11H17N3O2/c1-8-10(16-7-14-8)11(15)13-5-3-9-2-4-12-6-9/h7,9,12H,2-6H2,1H3,(H,13,15). The monoisotopic (exact) mass is 223 g/mol. The van der Waals surface area contributed by atoms with E-state index < -0.39 is 0 Å². The molecule has 0 aromatic carbocycles. The van der Waals surface area contributed by atoms with Crippen molar-refractivity contribution in [2.24, 2.45) is 5.92 Å². The van der Waals surface area contributed by atoms with Crippen LogP contribution in [0.1, 0.15) is 29.1 Å². The molecule has 2 rings (SSSR count). The molecule has 0 aliphatic carbocycles. The lowest BCUT2D eigenvalue weighted by atomic mass is 10.1. The number of carbonyl (C=O) groups excluding carboxylic acids is 1. The summed E-state index contributed by atoms with van der Waals surface area (Å²) in [4.78, 5) is 15.5. The van der Waals surface area contributed by atoms with Crippen LogP contribution < -0.4 is 10.6 Å². The van der Waals surface area contributed by atoms with Crippen LogP contribution in [-0.2, 0) is 0 Å². The maximum atomic E-state index is 11.6. The van der Waals surface area contributed by atoms with Gasteiger partial charge < -0.3 is 15.1 Å². The van der Waals surface area contributed by atoms with Crippen LogP contribution >= 0.6 is 0 Å². The molecule has 0 radical (unpaired) electrons. The molecule has 1 aromatic heterocycles. The maximum absolute atomic E-state index is 11.6. The first-order valence-electron chi connectivity index (χ1n) is 5.66.